The van der Waals surface area contributed by atoms with Crippen LogP contribution in [0.3, 0.4) is 0 Å². The van der Waals surface area contributed by atoms with Crippen LogP contribution in [0.4, 0.5) is 0 Å². The third-order valence-electron chi connectivity index (χ3n) is 3.98. The monoisotopic (exact) mass is 342 g/mol. The topological polar surface area (TPSA) is 66.0 Å². The summed E-state index contributed by atoms with van der Waals surface area (Å²) < 4.78 is 13.3. The van der Waals surface area contributed by atoms with Crippen LogP contribution in [-0.2, 0) is 0 Å². The van der Waals surface area contributed by atoms with E-state index < -0.39 is 0 Å². The molecule has 1 aromatic carbocycles. The summed E-state index contributed by atoms with van der Waals surface area (Å²) in [7, 11) is 1.64. The highest BCUT2D eigenvalue weighted by Gasteiger charge is 2.27. The normalized spacial score (nSPS) is 15.4. The zero-order valence-corrected chi connectivity index (χ0v) is 14.4. The molecule has 0 spiro atoms. The van der Waals surface area contributed by atoms with Crippen LogP contribution in [0, 0.1) is 0 Å². The molecule has 6 nitrogen and oxygen atoms in total. The molecule has 0 radical (unpaired) electrons. The molecule has 1 aliphatic carbocycles. The van der Waals surface area contributed by atoms with E-state index in [2.05, 4.69) is 26.7 Å². The maximum atomic E-state index is 5.85. The predicted octanol–water partition coefficient (Wildman–Crippen LogP) is 4.13. The summed E-state index contributed by atoms with van der Waals surface area (Å²) in [6.45, 7) is 2.06. The Balaban J connectivity index is 1.49. The van der Waals surface area contributed by atoms with E-state index in [1.165, 1.54) is 12.8 Å². The van der Waals surface area contributed by atoms with Crippen molar-refractivity contribution in [3.8, 4) is 17.2 Å². The van der Waals surface area contributed by atoms with Gasteiger partial charge in [-0.2, -0.15) is 0 Å². The number of methoxy groups -OCH3 is 1. The molecule has 2 heterocycles. The largest absolute Gasteiger partial charge is 0.497 e. The lowest BCUT2D eigenvalue weighted by Gasteiger charge is -2.08. The van der Waals surface area contributed by atoms with Gasteiger partial charge in [0.2, 0.25) is 11.8 Å². The zero-order valence-electron chi connectivity index (χ0n) is 13.5. The van der Waals surface area contributed by atoms with Crippen molar-refractivity contribution in [3.05, 3.63) is 42.5 Å². The quantitative estimate of drug-likeness (QED) is 0.628. The van der Waals surface area contributed by atoms with Gasteiger partial charge in [-0.3, -0.25) is 0 Å². The number of hydrogen-bond acceptors (Lipinski definition) is 6. The summed E-state index contributed by atoms with van der Waals surface area (Å²) in [6.07, 6.45) is 6.37. The molecule has 0 amide bonds. The van der Waals surface area contributed by atoms with Gasteiger partial charge in [-0.15, -0.1) is 10.2 Å². The molecular formula is C17H18N4O2S. The van der Waals surface area contributed by atoms with Gasteiger partial charge in [0.25, 0.3) is 0 Å². The molecule has 1 aliphatic rings. The first-order valence-electron chi connectivity index (χ1n) is 7.92. The van der Waals surface area contributed by atoms with Crippen molar-refractivity contribution in [1.82, 2.24) is 19.7 Å². The number of aromatic nitrogens is 4. The Bertz CT molecular complexity index is 823. The minimum absolute atomic E-state index is 0.0457. The van der Waals surface area contributed by atoms with E-state index in [1.807, 2.05) is 36.7 Å². The molecule has 0 bridgehead atoms. The molecular weight excluding hydrogens is 324 g/mol. The molecule has 0 aliphatic heterocycles. The SMILES string of the molecule is COc1ccc(-c2nnc(C(C)Sc3nccn3C3CC3)o2)cc1. The van der Waals surface area contributed by atoms with Gasteiger partial charge in [0, 0.05) is 24.0 Å². The van der Waals surface area contributed by atoms with Crippen molar-refractivity contribution in [1.29, 1.82) is 0 Å². The van der Waals surface area contributed by atoms with E-state index >= 15 is 0 Å². The van der Waals surface area contributed by atoms with E-state index in [4.69, 9.17) is 9.15 Å². The summed E-state index contributed by atoms with van der Waals surface area (Å²) in [5.74, 6) is 1.93. The molecule has 7 heteroatoms. The highest BCUT2D eigenvalue weighted by molar-refractivity contribution is 7.99. The number of rotatable bonds is 6. The molecule has 0 N–H and O–H groups in total. The fourth-order valence-electron chi connectivity index (χ4n) is 2.48. The Hall–Kier alpha value is -2.28. The molecule has 1 unspecified atom stereocenters. The maximum absolute atomic E-state index is 5.85. The first-order chi connectivity index (χ1) is 11.7. The van der Waals surface area contributed by atoms with Crippen molar-refractivity contribution in [3.63, 3.8) is 0 Å². The third kappa shape index (κ3) is 3.03. The Labute approximate surface area is 144 Å². The van der Waals surface area contributed by atoms with E-state index in [0.29, 0.717) is 17.8 Å². The van der Waals surface area contributed by atoms with Crippen molar-refractivity contribution in [2.24, 2.45) is 0 Å². The van der Waals surface area contributed by atoms with Crippen LogP contribution in [-0.4, -0.2) is 26.9 Å². The molecule has 1 atom stereocenters. The molecule has 0 saturated heterocycles. The Morgan fingerprint density at radius 2 is 2.04 bits per heavy atom. The molecule has 124 valence electrons. The van der Waals surface area contributed by atoms with Gasteiger partial charge >= 0.3 is 0 Å². The highest BCUT2D eigenvalue weighted by atomic mass is 32.2. The summed E-state index contributed by atoms with van der Waals surface area (Å²) in [4.78, 5) is 4.45. The van der Waals surface area contributed by atoms with Crippen molar-refractivity contribution in [2.75, 3.05) is 7.11 Å². The standard InChI is InChI=1S/C17H18N4O2S/c1-11(24-17-18-9-10-21(17)13-5-6-13)15-19-20-16(23-15)12-3-7-14(22-2)8-4-12/h3-4,7-11,13H,5-6H2,1-2H3. The van der Waals surface area contributed by atoms with Gasteiger partial charge in [0.15, 0.2) is 5.16 Å². The molecule has 3 aromatic rings. The lowest BCUT2D eigenvalue weighted by molar-refractivity contribution is 0.415. The molecule has 2 aromatic heterocycles. The van der Waals surface area contributed by atoms with Crippen LogP contribution in [0.2, 0.25) is 0 Å². The highest BCUT2D eigenvalue weighted by Crippen LogP contribution is 2.41. The van der Waals surface area contributed by atoms with Crippen molar-refractivity contribution >= 4 is 11.8 Å². The van der Waals surface area contributed by atoms with E-state index in [1.54, 1.807) is 18.9 Å². The average Bonchev–Trinajstić information content (AvgIpc) is 3.15. The second kappa shape index (κ2) is 6.32. The van der Waals surface area contributed by atoms with Gasteiger partial charge < -0.3 is 13.7 Å². The van der Waals surface area contributed by atoms with E-state index in [9.17, 15) is 0 Å². The predicted molar refractivity (Wildman–Crippen MR) is 91.1 cm³/mol. The summed E-state index contributed by atoms with van der Waals surface area (Å²) >= 11 is 1.65. The summed E-state index contributed by atoms with van der Waals surface area (Å²) in [6, 6.07) is 8.19. The Morgan fingerprint density at radius 3 is 2.75 bits per heavy atom. The number of imidazole rings is 1. The van der Waals surface area contributed by atoms with Crippen LogP contribution in [0.25, 0.3) is 11.5 Å². The number of ether oxygens (including phenoxy) is 1. The number of thioether (sulfide) groups is 1. The summed E-state index contributed by atoms with van der Waals surface area (Å²) in [5, 5.41) is 9.42. The first-order valence-corrected chi connectivity index (χ1v) is 8.80. The number of nitrogens with zero attached hydrogens (tertiary/aromatic N) is 4. The van der Waals surface area contributed by atoms with Crippen LogP contribution in [0.15, 0.2) is 46.2 Å². The molecule has 4 rings (SSSR count). The minimum Gasteiger partial charge on any atom is -0.497 e. The van der Waals surface area contributed by atoms with Crippen LogP contribution in [0.5, 0.6) is 5.75 Å². The first kappa shape index (κ1) is 15.3. The molecule has 1 fully saturated rings. The van der Waals surface area contributed by atoms with Gasteiger partial charge in [0.1, 0.15) is 5.75 Å². The Kier molecular flexibility index (Phi) is 4.02. The smallest absolute Gasteiger partial charge is 0.247 e. The van der Waals surface area contributed by atoms with Gasteiger partial charge in [-0.05, 0) is 44.0 Å². The summed E-state index contributed by atoms with van der Waals surface area (Å²) in [5.41, 5.74) is 0.881. The maximum Gasteiger partial charge on any atom is 0.247 e. The number of hydrogen-bond donors (Lipinski definition) is 0. The van der Waals surface area contributed by atoms with Gasteiger partial charge in [-0.1, -0.05) is 11.8 Å². The van der Waals surface area contributed by atoms with Crippen LogP contribution < -0.4 is 4.74 Å². The lowest BCUT2D eigenvalue weighted by atomic mass is 10.2. The lowest BCUT2D eigenvalue weighted by Crippen LogP contribution is -1.97. The number of benzene rings is 1. The molecule has 1 saturated carbocycles. The van der Waals surface area contributed by atoms with E-state index in [-0.39, 0.29) is 5.25 Å². The zero-order chi connectivity index (χ0) is 16.5. The minimum atomic E-state index is 0.0457. The third-order valence-corrected chi connectivity index (χ3v) is 5.06. The second-order valence-corrected chi connectivity index (χ2v) is 7.09. The fourth-order valence-corrected chi connectivity index (χ4v) is 3.44. The van der Waals surface area contributed by atoms with Crippen molar-refractivity contribution in [2.45, 2.75) is 36.2 Å². The Morgan fingerprint density at radius 1 is 1.25 bits per heavy atom. The molecule has 24 heavy (non-hydrogen) atoms. The van der Waals surface area contributed by atoms with Gasteiger partial charge in [0.05, 0.1) is 12.4 Å². The second-order valence-electron chi connectivity index (χ2n) is 5.78. The van der Waals surface area contributed by atoms with Crippen LogP contribution >= 0.6 is 11.8 Å². The van der Waals surface area contributed by atoms with E-state index in [0.717, 1.165) is 16.5 Å². The van der Waals surface area contributed by atoms with Crippen molar-refractivity contribution < 1.29 is 9.15 Å². The van der Waals surface area contributed by atoms with Crippen LogP contribution in [0.1, 0.15) is 36.9 Å². The fraction of sp³-hybridized carbons (Fsp3) is 0.353. The average molecular weight is 342 g/mol. The van der Waals surface area contributed by atoms with Gasteiger partial charge in [-0.25, -0.2) is 4.98 Å².